The van der Waals surface area contributed by atoms with Crippen molar-refractivity contribution in [2.45, 2.75) is 72.0 Å². The van der Waals surface area contributed by atoms with E-state index in [1.54, 1.807) is 0 Å². The smallest absolute Gasteiger partial charge is 0.108 e. The lowest BCUT2D eigenvalue weighted by molar-refractivity contribution is 0.0888. The summed E-state index contributed by atoms with van der Waals surface area (Å²) < 4.78 is 13.5. The van der Waals surface area contributed by atoms with Crippen LogP contribution >= 0.6 is 0 Å². The molecule has 0 radical (unpaired) electrons. The molecule has 100 valence electrons. The van der Waals surface area contributed by atoms with Gasteiger partial charge in [0.25, 0.3) is 0 Å². The van der Waals surface area contributed by atoms with Crippen molar-refractivity contribution in [1.29, 1.82) is 0 Å². The molecular formula is C15H28FN. The highest BCUT2D eigenvalue weighted by Gasteiger charge is 2.69. The molecule has 1 nitrogen and oxygen atoms in total. The number of hydrogen-bond acceptors (Lipinski definition) is 1. The van der Waals surface area contributed by atoms with Gasteiger partial charge in [-0.2, -0.15) is 0 Å². The van der Waals surface area contributed by atoms with E-state index in [1.165, 1.54) is 19.4 Å². The van der Waals surface area contributed by atoms with E-state index >= 15 is 0 Å². The minimum absolute atomic E-state index is 0.0771. The fourth-order valence-electron chi connectivity index (χ4n) is 4.36. The maximum absolute atomic E-state index is 13.5. The highest BCUT2D eigenvalue weighted by Crippen LogP contribution is 2.66. The fraction of sp³-hybridized carbons (Fsp3) is 1.00. The Balaban J connectivity index is 0.000000514. The summed E-state index contributed by atoms with van der Waals surface area (Å²) >= 11 is 0. The first kappa shape index (κ1) is 13.3. The van der Waals surface area contributed by atoms with Crippen LogP contribution in [0.1, 0.15) is 60.3 Å². The van der Waals surface area contributed by atoms with Crippen molar-refractivity contribution < 1.29 is 4.39 Å². The van der Waals surface area contributed by atoms with Crippen molar-refractivity contribution in [3.8, 4) is 0 Å². The van der Waals surface area contributed by atoms with E-state index < -0.39 is 6.17 Å². The number of nitrogens with zero attached hydrogens (tertiary/aromatic N) is 1. The first-order valence-electron chi connectivity index (χ1n) is 7.35. The summed E-state index contributed by atoms with van der Waals surface area (Å²) in [6.45, 7) is 13.3. The Morgan fingerprint density at radius 2 is 1.88 bits per heavy atom. The average molecular weight is 241 g/mol. The Labute approximate surface area is 106 Å². The minimum Gasteiger partial charge on any atom is -0.296 e. The van der Waals surface area contributed by atoms with Crippen LogP contribution in [0.25, 0.3) is 0 Å². The third-order valence-corrected chi connectivity index (χ3v) is 5.70. The molecule has 3 atom stereocenters. The Kier molecular flexibility index (Phi) is 3.09. The third-order valence-electron chi connectivity index (χ3n) is 5.70. The Hall–Kier alpha value is -0.110. The predicted molar refractivity (Wildman–Crippen MR) is 70.9 cm³/mol. The predicted octanol–water partition coefficient (Wildman–Crippen LogP) is 4.03. The number of hydrogen-bond donors (Lipinski definition) is 0. The molecule has 2 aliphatic heterocycles. The Morgan fingerprint density at radius 1 is 1.29 bits per heavy atom. The van der Waals surface area contributed by atoms with Crippen LogP contribution in [0.4, 0.5) is 4.39 Å². The molecule has 0 amide bonds. The molecule has 0 N–H and O–H groups in total. The first-order valence-corrected chi connectivity index (χ1v) is 7.35. The number of rotatable bonds is 1. The van der Waals surface area contributed by atoms with Crippen molar-refractivity contribution in [3.63, 3.8) is 0 Å². The maximum Gasteiger partial charge on any atom is 0.108 e. The Bertz CT molecular complexity index is 301. The van der Waals surface area contributed by atoms with Crippen LogP contribution in [0.2, 0.25) is 0 Å². The van der Waals surface area contributed by atoms with Gasteiger partial charge in [-0.25, -0.2) is 4.39 Å². The van der Waals surface area contributed by atoms with Gasteiger partial charge in [0.15, 0.2) is 0 Å². The summed E-state index contributed by atoms with van der Waals surface area (Å²) in [5, 5.41) is 0. The Morgan fingerprint density at radius 3 is 2.29 bits per heavy atom. The van der Waals surface area contributed by atoms with Gasteiger partial charge in [-0.3, -0.25) is 4.90 Å². The van der Waals surface area contributed by atoms with Crippen LogP contribution in [0.3, 0.4) is 0 Å². The molecule has 2 heteroatoms. The van der Waals surface area contributed by atoms with Crippen molar-refractivity contribution in [2.75, 3.05) is 13.1 Å². The molecular weight excluding hydrogens is 213 g/mol. The van der Waals surface area contributed by atoms with Gasteiger partial charge in [-0.05, 0) is 37.6 Å². The van der Waals surface area contributed by atoms with Gasteiger partial charge >= 0.3 is 0 Å². The van der Waals surface area contributed by atoms with Crippen LogP contribution in [-0.2, 0) is 0 Å². The molecule has 0 unspecified atom stereocenters. The molecule has 1 spiro atoms. The second kappa shape index (κ2) is 3.94. The van der Waals surface area contributed by atoms with Crippen LogP contribution in [0.15, 0.2) is 0 Å². The summed E-state index contributed by atoms with van der Waals surface area (Å²) in [4.78, 5) is 2.60. The van der Waals surface area contributed by atoms with Gasteiger partial charge in [0, 0.05) is 17.5 Å². The number of fused-ring (bicyclic) bond motifs is 1. The zero-order valence-electron chi connectivity index (χ0n) is 12.1. The lowest BCUT2D eigenvalue weighted by Crippen LogP contribution is -2.46. The van der Waals surface area contributed by atoms with Gasteiger partial charge in [0.2, 0.25) is 0 Å². The molecule has 0 aromatic heterocycles. The lowest BCUT2D eigenvalue weighted by atomic mass is 9.68. The van der Waals surface area contributed by atoms with E-state index in [4.69, 9.17) is 0 Å². The van der Waals surface area contributed by atoms with E-state index in [2.05, 4.69) is 25.7 Å². The second-order valence-electron chi connectivity index (χ2n) is 6.65. The minimum atomic E-state index is -0.498. The fourth-order valence-corrected chi connectivity index (χ4v) is 4.36. The van der Waals surface area contributed by atoms with Crippen molar-refractivity contribution >= 4 is 0 Å². The summed E-state index contributed by atoms with van der Waals surface area (Å²) in [5.41, 5.74) is 0.773. The van der Waals surface area contributed by atoms with Crippen LogP contribution in [0, 0.1) is 10.8 Å². The van der Waals surface area contributed by atoms with Crippen LogP contribution in [0.5, 0.6) is 0 Å². The molecule has 17 heavy (non-hydrogen) atoms. The second-order valence-corrected chi connectivity index (χ2v) is 6.65. The van der Waals surface area contributed by atoms with Crippen molar-refractivity contribution in [3.05, 3.63) is 0 Å². The summed E-state index contributed by atoms with van der Waals surface area (Å²) in [7, 11) is 0. The van der Waals surface area contributed by atoms with Gasteiger partial charge in [-0.15, -0.1) is 0 Å². The first-order chi connectivity index (χ1) is 7.96. The molecule has 0 bridgehead atoms. The molecule has 0 aromatic carbocycles. The SMILES string of the molecule is CC.CC[C@]12C[C@@]3(C[C@H]3F)CN1CCC2(C)C. The van der Waals surface area contributed by atoms with Crippen molar-refractivity contribution in [1.82, 2.24) is 4.90 Å². The van der Waals surface area contributed by atoms with Gasteiger partial charge in [-0.1, -0.05) is 34.6 Å². The largest absolute Gasteiger partial charge is 0.296 e. The summed E-state index contributed by atoms with van der Waals surface area (Å²) in [6, 6.07) is 0. The van der Waals surface area contributed by atoms with E-state index in [9.17, 15) is 4.39 Å². The van der Waals surface area contributed by atoms with E-state index in [0.717, 1.165) is 19.4 Å². The number of alkyl halides is 1. The van der Waals surface area contributed by atoms with Gasteiger partial charge < -0.3 is 0 Å². The molecule has 3 aliphatic rings. The summed E-state index contributed by atoms with van der Waals surface area (Å²) in [6.07, 6.45) is 3.93. The van der Waals surface area contributed by atoms with Crippen LogP contribution in [-0.4, -0.2) is 29.7 Å². The third kappa shape index (κ3) is 1.59. The number of halogens is 1. The zero-order valence-corrected chi connectivity index (χ0v) is 12.1. The summed E-state index contributed by atoms with van der Waals surface area (Å²) in [5.74, 6) is 0. The molecule has 1 aliphatic carbocycles. The van der Waals surface area contributed by atoms with E-state index in [-0.39, 0.29) is 5.41 Å². The average Bonchev–Trinajstić information content (AvgIpc) is 2.70. The quantitative estimate of drug-likeness (QED) is 0.670. The monoisotopic (exact) mass is 241 g/mol. The van der Waals surface area contributed by atoms with Crippen molar-refractivity contribution in [2.24, 2.45) is 10.8 Å². The molecule has 1 saturated carbocycles. The normalized spacial score (nSPS) is 46.6. The molecule has 2 saturated heterocycles. The zero-order chi connectivity index (χ0) is 12.9. The maximum atomic E-state index is 13.5. The van der Waals surface area contributed by atoms with E-state index in [1.807, 2.05) is 13.8 Å². The van der Waals surface area contributed by atoms with Gasteiger partial charge in [0.1, 0.15) is 6.17 Å². The molecule has 0 aromatic rings. The molecule has 3 fully saturated rings. The lowest BCUT2D eigenvalue weighted by Gasteiger charge is -2.42. The van der Waals surface area contributed by atoms with Crippen LogP contribution < -0.4 is 0 Å². The highest BCUT2D eigenvalue weighted by molar-refractivity contribution is 5.22. The molecule has 3 rings (SSSR count). The highest BCUT2D eigenvalue weighted by atomic mass is 19.1. The topological polar surface area (TPSA) is 3.24 Å². The van der Waals surface area contributed by atoms with Gasteiger partial charge in [0.05, 0.1) is 0 Å². The molecule has 2 heterocycles. The van der Waals surface area contributed by atoms with E-state index in [0.29, 0.717) is 11.0 Å². The standard InChI is InChI=1S/C13H22FN.C2H6/c1-4-13-8-12(7-10(12)14)9-15(13)6-5-11(13,2)3;1-2/h10H,4-9H2,1-3H3;1-2H3/t10-,12+,13-;/m1./s1.